The van der Waals surface area contributed by atoms with Crippen LogP contribution in [0.5, 0.6) is 0 Å². The van der Waals surface area contributed by atoms with Crippen LogP contribution in [0.25, 0.3) is 0 Å². The van der Waals surface area contributed by atoms with Crippen LogP contribution >= 0.6 is 0 Å². The molecular formula is C15H23NO2. The van der Waals surface area contributed by atoms with Crippen LogP contribution < -0.4 is 5.32 Å². The highest BCUT2D eigenvalue weighted by Crippen LogP contribution is 2.18. The molecule has 0 heterocycles. The van der Waals surface area contributed by atoms with Crippen molar-refractivity contribution in [2.24, 2.45) is 5.92 Å². The number of hydrogen-bond acceptors (Lipinski definition) is 3. The van der Waals surface area contributed by atoms with Crippen molar-refractivity contribution in [3.63, 3.8) is 0 Å². The molecule has 3 heteroatoms. The lowest BCUT2D eigenvalue weighted by Crippen LogP contribution is -2.43. The van der Waals surface area contributed by atoms with Crippen molar-refractivity contribution >= 4 is 5.97 Å². The summed E-state index contributed by atoms with van der Waals surface area (Å²) in [4.78, 5) is 11.8. The van der Waals surface area contributed by atoms with Crippen molar-refractivity contribution in [1.82, 2.24) is 5.32 Å². The van der Waals surface area contributed by atoms with E-state index in [0.717, 1.165) is 6.42 Å². The molecular weight excluding hydrogens is 226 g/mol. The van der Waals surface area contributed by atoms with E-state index in [1.807, 2.05) is 32.0 Å². The summed E-state index contributed by atoms with van der Waals surface area (Å²) in [6.45, 7) is 6.15. The van der Waals surface area contributed by atoms with Crippen LogP contribution in [0.15, 0.2) is 30.3 Å². The number of rotatable bonds is 6. The minimum atomic E-state index is -0.264. The molecule has 0 saturated carbocycles. The maximum Gasteiger partial charge on any atom is 0.323 e. The molecule has 1 unspecified atom stereocenters. The van der Waals surface area contributed by atoms with E-state index in [1.54, 1.807) is 0 Å². The second kappa shape index (κ2) is 7.17. The third-order valence-electron chi connectivity index (χ3n) is 3.11. The average Bonchev–Trinajstić information content (AvgIpc) is 2.39. The van der Waals surface area contributed by atoms with Gasteiger partial charge in [0.2, 0.25) is 0 Å². The van der Waals surface area contributed by atoms with E-state index in [1.165, 1.54) is 12.7 Å². The molecule has 3 nitrogen and oxygen atoms in total. The molecule has 1 N–H and O–H groups in total. The monoisotopic (exact) mass is 249 g/mol. The number of carbonyl (C=O) groups excluding carboxylic acids is 1. The van der Waals surface area contributed by atoms with Crippen molar-refractivity contribution in [2.45, 2.75) is 39.3 Å². The van der Waals surface area contributed by atoms with Crippen LogP contribution in [0, 0.1) is 5.92 Å². The Labute approximate surface area is 110 Å². The normalized spacial score (nSPS) is 14.3. The zero-order chi connectivity index (χ0) is 13.5. The fourth-order valence-corrected chi connectivity index (χ4v) is 2.01. The molecule has 0 aromatic heterocycles. The van der Waals surface area contributed by atoms with Crippen molar-refractivity contribution in [3.05, 3.63) is 35.9 Å². The summed E-state index contributed by atoms with van der Waals surface area (Å²) in [5, 5.41) is 3.40. The highest BCUT2D eigenvalue weighted by Gasteiger charge is 2.25. The Bertz CT molecular complexity index is 362. The highest BCUT2D eigenvalue weighted by atomic mass is 16.5. The van der Waals surface area contributed by atoms with Gasteiger partial charge in [-0.3, -0.25) is 10.1 Å². The molecule has 0 amide bonds. The van der Waals surface area contributed by atoms with Gasteiger partial charge in [-0.05, 0) is 17.9 Å². The number of benzene rings is 1. The number of hydrogen-bond donors (Lipinski definition) is 1. The molecule has 0 bridgehead atoms. The number of nitrogens with one attached hydrogen (secondary N) is 1. The largest absolute Gasteiger partial charge is 0.468 e. The topological polar surface area (TPSA) is 38.3 Å². The van der Waals surface area contributed by atoms with E-state index < -0.39 is 0 Å². The SMILES string of the molecule is CCC(N[C@H](C(=O)OC)C(C)C)c1ccccc1. The van der Waals surface area contributed by atoms with Gasteiger partial charge < -0.3 is 4.74 Å². The van der Waals surface area contributed by atoms with Crippen LogP contribution in [0.3, 0.4) is 0 Å². The Morgan fingerprint density at radius 3 is 2.33 bits per heavy atom. The quantitative estimate of drug-likeness (QED) is 0.788. The minimum absolute atomic E-state index is 0.178. The van der Waals surface area contributed by atoms with Gasteiger partial charge in [0.15, 0.2) is 0 Å². The second-order valence-corrected chi connectivity index (χ2v) is 4.78. The Kier molecular flexibility index (Phi) is 5.86. The lowest BCUT2D eigenvalue weighted by atomic mass is 9.99. The molecule has 0 saturated heterocycles. The van der Waals surface area contributed by atoms with Crippen molar-refractivity contribution in [3.8, 4) is 0 Å². The van der Waals surface area contributed by atoms with Gasteiger partial charge in [-0.2, -0.15) is 0 Å². The summed E-state index contributed by atoms with van der Waals surface area (Å²) < 4.78 is 4.85. The van der Waals surface area contributed by atoms with Gasteiger partial charge in [-0.25, -0.2) is 0 Å². The maximum atomic E-state index is 11.8. The van der Waals surface area contributed by atoms with Gasteiger partial charge in [0, 0.05) is 6.04 Å². The van der Waals surface area contributed by atoms with Gasteiger partial charge in [0.05, 0.1) is 7.11 Å². The third-order valence-corrected chi connectivity index (χ3v) is 3.11. The van der Waals surface area contributed by atoms with Crippen LogP contribution in [0.1, 0.15) is 38.8 Å². The van der Waals surface area contributed by atoms with Crippen molar-refractivity contribution in [1.29, 1.82) is 0 Å². The van der Waals surface area contributed by atoms with Crippen molar-refractivity contribution in [2.75, 3.05) is 7.11 Å². The van der Waals surface area contributed by atoms with E-state index in [2.05, 4.69) is 24.4 Å². The summed E-state index contributed by atoms with van der Waals surface area (Å²) in [5.74, 6) is 0.00888. The Morgan fingerprint density at radius 2 is 1.89 bits per heavy atom. The number of methoxy groups -OCH3 is 1. The van der Waals surface area contributed by atoms with Gasteiger partial charge >= 0.3 is 5.97 Å². The first-order valence-corrected chi connectivity index (χ1v) is 6.49. The molecule has 2 atom stereocenters. The lowest BCUT2D eigenvalue weighted by molar-refractivity contribution is -0.144. The minimum Gasteiger partial charge on any atom is -0.468 e. The number of carbonyl (C=O) groups is 1. The summed E-state index contributed by atoms with van der Waals surface area (Å²) >= 11 is 0. The van der Waals surface area contributed by atoms with Gasteiger partial charge in [0.1, 0.15) is 6.04 Å². The predicted octanol–water partition coefficient (Wildman–Crippen LogP) is 2.92. The fraction of sp³-hybridized carbons (Fsp3) is 0.533. The average molecular weight is 249 g/mol. The molecule has 1 aromatic rings. The van der Waals surface area contributed by atoms with Crippen LogP contribution in [-0.2, 0) is 9.53 Å². The van der Waals surface area contributed by atoms with Crippen LogP contribution in [0.2, 0.25) is 0 Å². The van der Waals surface area contributed by atoms with Crippen LogP contribution in [-0.4, -0.2) is 19.1 Å². The first kappa shape index (κ1) is 14.7. The molecule has 0 aliphatic carbocycles. The van der Waals surface area contributed by atoms with Gasteiger partial charge in [-0.15, -0.1) is 0 Å². The Morgan fingerprint density at radius 1 is 1.28 bits per heavy atom. The molecule has 0 spiro atoms. The van der Waals surface area contributed by atoms with E-state index >= 15 is 0 Å². The summed E-state index contributed by atoms with van der Waals surface area (Å²) in [6.07, 6.45) is 0.935. The zero-order valence-electron chi connectivity index (χ0n) is 11.6. The first-order valence-electron chi connectivity index (χ1n) is 6.49. The second-order valence-electron chi connectivity index (χ2n) is 4.78. The van der Waals surface area contributed by atoms with E-state index in [4.69, 9.17) is 4.74 Å². The molecule has 0 aliphatic heterocycles. The zero-order valence-corrected chi connectivity index (χ0v) is 11.6. The maximum absolute atomic E-state index is 11.8. The predicted molar refractivity (Wildman–Crippen MR) is 73.3 cm³/mol. The van der Waals surface area contributed by atoms with E-state index in [0.29, 0.717) is 0 Å². The summed E-state index contributed by atoms with van der Waals surface area (Å²) in [6, 6.07) is 10.1. The van der Waals surface area contributed by atoms with E-state index in [9.17, 15) is 4.79 Å². The molecule has 100 valence electrons. The van der Waals surface area contributed by atoms with Crippen LogP contribution in [0.4, 0.5) is 0 Å². The Balaban J connectivity index is 2.81. The Hall–Kier alpha value is -1.35. The number of ether oxygens (including phenoxy) is 1. The standard InChI is InChI=1S/C15H23NO2/c1-5-13(12-9-7-6-8-10-12)16-14(11(2)3)15(17)18-4/h6-11,13-14,16H,5H2,1-4H3/t13?,14-/m0/s1. The van der Waals surface area contributed by atoms with E-state index in [-0.39, 0.29) is 24.0 Å². The fourth-order valence-electron chi connectivity index (χ4n) is 2.01. The smallest absolute Gasteiger partial charge is 0.323 e. The molecule has 18 heavy (non-hydrogen) atoms. The summed E-state index contributed by atoms with van der Waals surface area (Å²) in [5.41, 5.74) is 1.20. The molecule has 0 fully saturated rings. The van der Waals surface area contributed by atoms with Crippen molar-refractivity contribution < 1.29 is 9.53 Å². The summed E-state index contributed by atoms with van der Waals surface area (Å²) in [7, 11) is 1.43. The lowest BCUT2D eigenvalue weighted by Gasteiger charge is -2.26. The van der Waals surface area contributed by atoms with Gasteiger partial charge in [0.25, 0.3) is 0 Å². The molecule has 1 rings (SSSR count). The molecule has 0 radical (unpaired) electrons. The molecule has 0 aliphatic rings. The third kappa shape index (κ3) is 3.84. The first-order chi connectivity index (χ1) is 8.60. The number of esters is 1. The highest BCUT2D eigenvalue weighted by molar-refractivity contribution is 5.76. The van der Waals surface area contributed by atoms with Gasteiger partial charge in [-0.1, -0.05) is 51.1 Å². The molecule has 1 aromatic carbocycles.